The van der Waals surface area contributed by atoms with Gasteiger partial charge in [0.1, 0.15) is 0 Å². The van der Waals surface area contributed by atoms with Crippen LogP contribution in [0, 0.1) is 11.8 Å². The zero-order chi connectivity index (χ0) is 15.5. The van der Waals surface area contributed by atoms with Gasteiger partial charge in [0.2, 0.25) is 11.8 Å². The Balaban J connectivity index is 1.46. The predicted molar refractivity (Wildman–Crippen MR) is 85.3 cm³/mol. The molecule has 1 atom stereocenters. The fourth-order valence-corrected chi connectivity index (χ4v) is 3.90. The van der Waals surface area contributed by atoms with E-state index in [4.69, 9.17) is 0 Å². The first kappa shape index (κ1) is 15.8. The van der Waals surface area contributed by atoms with Crippen molar-refractivity contribution in [2.24, 2.45) is 11.8 Å². The summed E-state index contributed by atoms with van der Waals surface area (Å²) in [5, 5.41) is 0. The second kappa shape index (κ2) is 6.99. The lowest BCUT2D eigenvalue weighted by atomic mass is 9.84. The number of amides is 2. The molecular formula is C17H29N3O2. The van der Waals surface area contributed by atoms with Crippen LogP contribution >= 0.6 is 0 Å². The molecule has 3 aliphatic rings. The van der Waals surface area contributed by atoms with Gasteiger partial charge < -0.3 is 14.7 Å². The van der Waals surface area contributed by atoms with Crippen LogP contribution in [0.25, 0.3) is 0 Å². The van der Waals surface area contributed by atoms with E-state index in [1.165, 1.54) is 6.42 Å². The molecule has 0 spiro atoms. The smallest absolute Gasteiger partial charge is 0.225 e. The first-order valence-corrected chi connectivity index (χ1v) is 8.88. The zero-order valence-electron chi connectivity index (χ0n) is 13.8. The van der Waals surface area contributed by atoms with Crippen LogP contribution in [-0.2, 0) is 9.59 Å². The molecule has 5 nitrogen and oxygen atoms in total. The topological polar surface area (TPSA) is 43.9 Å². The lowest BCUT2D eigenvalue weighted by Gasteiger charge is -2.33. The third-order valence-electron chi connectivity index (χ3n) is 5.60. The van der Waals surface area contributed by atoms with E-state index in [1.807, 2.05) is 11.9 Å². The van der Waals surface area contributed by atoms with E-state index in [1.54, 1.807) is 0 Å². The Morgan fingerprint density at radius 2 is 1.91 bits per heavy atom. The van der Waals surface area contributed by atoms with Gasteiger partial charge in [-0.1, -0.05) is 6.42 Å². The molecule has 0 N–H and O–H groups in total. The van der Waals surface area contributed by atoms with Crippen LogP contribution < -0.4 is 0 Å². The summed E-state index contributed by atoms with van der Waals surface area (Å²) in [6, 6.07) is 0. The summed E-state index contributed by atoms with van der Waals surface area (Å²) in [5.74, 6) is 1.60. The third kappa shape index (κ3) is 3.62. The van der Waals surface area contributed by atoms with Gasteiger partial charge in [-0.2, -0.15) is 0 Å². The SMILES string of the molecule is CN1CC(CN2CCCN(C(=O)C3CCC3)CC2)CCC1=O. The van der Waals surface area contributed by atoms with E-state index in [0.717, 1.165) is 65.0 Å². The Labute approximate surface area is 133 Å². The molecule has 3 fully saturated rings. The fourth-order valence-electron chi connectivity index (χ4n) is 3.90. The third-order valence-corrected chi connectivity index (χ3v) is 5.60. The lowest BCUT2D eigenvalue weighted by molar-refractivity contribution is -0.138. The highest BCUT2D eigenvalue weighted by Crippen LogP contribution is 2.28. The molecule has 2 heterocycles. The van der Waals surface area contributed by atoms with Crippen molar-refractivity contribution in [1.29, 1.82) is 0 Å². The average molecular weight is 307 g/mol. The van der Waals surface area contributed by atoms with Crippen molar-refractivity contribution in [1.82, 2.24) is 14.7 Å². The molecule has 124 valence electrons. The molecule has 3 rings (SSSR count). The maximum atomic E-state index is 12.4. The van der Waals surface area contributed by atoms with Crippen LogP contribution in [0.15, 0.2) is 0 Å². The van der Waals surface area contributed by atoms with Crippen LogP contribution in [0.4, 0.5) is 0 Å². The van der Waals surface area contributed by atoms with Crippen molar-refractivity contribution < 1.29 is 9.59 Å². The number of hydrogen-bond acceptors (Lipinski definition) is 3. The second-order valence-corrected chi connectivity index (χ2v) is 7.29. The average Bonchev–Trinajstić information content (AvgIpc) is 2.67. The van der Waals surface area contributed by atoms with Gasteiger partial charge in [-0.05, 0) is 38.1 Å². The first-order valence-electron chi connectivity index (χ1n) is 8.88. The largest absolute Gasteiger partial charge is 0.345 e. The highest BCUT2D eigenvalue weighted by molar-refractivity contribution is 5.79. The highest BCUT2D eigenvalue weighted by atomic mass is 16.2. The van der Waals surface area contributed by atoms with Gasteiger partial charge in [-0.3, -0.25) is 9.59 Å². The van der Waals surface area contributed by atoms with E-state index < -0.39 is 0 Å². The van der Waals surface area contributed by atoms with E-state index in [9.17, 15) is 9.59 Å². The van der Waals surface area contributed by atoms with Crippen molar-refractivity contribution in [2.75, 3.05) is 46.3 Å². The van der Waals surface area contributed by atoms with Crippen molar-refractivity contribution in [3.8, 4) is 0 Å². The number of nitrogens with zero attached hydrogens (tertiary/aromatic N) is 3. The Hall–Kier alpha value is -1.10. The Kier molecular flexibility index (Phi) is 5.01. The number of hydrogen-bond donors (Lipinski definition) is 0. The Bertz CT molecular complexity index is 422. The summed E-state index contributed by atoms with van der Waals surface area (Å²) in [5.41, 5.74) is 0. The molecule has 0 aromatic rings. The van der Waals surface area contributed by atoms with Crippen molar-refractivity contribution in [3.63, 3.8) is 0 Å². The maximum Gasteiger partial charge on any atom is 0.225 e. The first-order chi connectivity index (χ1) is 10.6. The number of likely N-dealkylation sites (tertiary alicyclic amines) is 1. The molecule has 1 aliphatic carbocycles. The van der Waals surface area contributed by atoms with E-state index in [-0.39, 0.29) is 5.91 Å². The standard InChI is InChI=1S/C17H29N3O2/c1-18-12-14(6-7-16(18)21)13-19-8-3-9-20(11-10-19)17(22)15-4-2-5-15/h14-15H,2-13H2,1H3. The molecule has 2 amide bonds. The predicted octanol–water partition coefficient (Wildman–Crippen LogP) is 1.19. The minimum absolute atomic E-state index is 0.282. The van der Waals surface area contributed by atoms with E-state index in [0.29, 0.717) is 24.2 Å². The summed E-state index contributed by atoms with van der Waals surface area (Å²) in [7, 11) is 1.91. The monoisotopic (exact) mass is 307 g/mol. The van der Waals surface area contributed by atoms with Gasteiger partial charge in [-0.25, -0.2) is 0 Å². The molecule has 1 saturated carbocycles. The van der Waals surface area contributed by atoms with Crippen molar-refractivity contribution in [2.45, 2.75) is 38.5 Å². The quantitative estimate of drug-likeness (QED) is 0.787. The Morgan fingerprint density at radius 3 is 2.59 bits per heavy atom. The molecule has 22 heavy (non-hydrogen) atoms. The van der Waals surface area contributed by atoms with Gasteiger partial charge in [0.05, 0.1) is 0 Å². The summed E-state index contributed by atoms with van der Waals surface area (Å²) in [6.07, 6.45) is 6.22. The van der Waals surface area contributed by atoms with Crippen molar-refractivity contribution >= 4 is 11.8 Å². The molecule has 0 aromatic heterocycles. The maximum absolute atomic E-state index is 12.4. The summed E-state index contributed by atoms with van der Waals surface area (Å²) >= 11 is 0. The summed E-state index contributed by atoms with van der Waals surface area (Å²) in [4.78, 5) is 30.4. The molecule has 0 aromatic carbocycles. The zero-order valence-corrected chi connectivity index (χ0v) is 13.8. The number of carbonyl (C=O) groups is 2. The molecule has 1 unspecified atom stereocenters. The van der Waals surface area contributed by atoms with E-state index in [2.05, 4.69) is 9.80 Å². The second-order valence-electron chi connectivity index (χ2n) is 7.29. The minimum Gasteiger partial charge on any atom is -0.345 e. The van der Waals surface area contributed by atoms with E-state index >= 15 is 0 Å². The molecule has 5 heteroatoms. The fraction of sp³-hybridized carbons (Fsp3) is 0.882. The molecule has 0 bridgehead atoms. The van der Waals surface area contributed by atoms with Crippen LogP contribution in [0.3, 0.4) is 0 Å². The normalized spacial score (nSPS) is 28.4. The number of rotatable bonds is 3. The van der Waals surface area contributed by atoms with Crippen molar-refractivity contribution in [3.05, 3.63) is 0 Å². The van der Waals surface area contributed by atoms with Crippen LogP contribution in [0.2, 0.25) is 0 Å². The molecule has 0 radical (unpaired) electrons. The van der Waals surface area contributed by atoms with Gasteiger partial charge in [0.25, 0.3) is 0 Å². The Morgan fingerprint density at radius 1 is 1.09 bits per heavy atom. The molecule has 2 aliphatic heterocycles. The summed E-state index contributed by atoms with van der Waals surface area (Å²) < 4.78 is 0. The molecular weight excluding hydrogens is 278 g/mol. The van der Waals surface area contributed by atoms with Gasteiger partial charge in [-0.15, -0.1) is 0 Å². The van der Waals surface area contributed by atoms with Gasteiger partial charge >= 0.3 is 0 Å². The molecule has 2 saturated heterocycles. The number of carbonyl (C=O) groups excluding carboxylic acids is 2. The van der Waals surface area contributed by atoms with Crippen LogP contribution in [-0.4, -0.2) is 72.8 Å². The van der Waals surface area contributed by atoms with Crippen LogP contribution in [0.5, 0.6) is 0 Å². The van der Waals surface area contributed by atoms with Crippen LogP contribution in [0.1, 0.15) is 38.5 Å². The minimum atomic E-state index is 0.282. The summed E-state index contributed by atoms with van der Waals surface area (Å²) in [6.45, 7) is 5.85. The number of piperidine rings is 1. The van der Waals surface area contributed by atoms with Gasteiger partial charge in [0.15, 0.2) is 0 Å². The lowest BCUT2D eigenvalue weighted by Crippen LogP contribution is -2.43. The highest BCUT2D eigenvalue weighted by Gasteiger charge is 2.31. The van der Waals surface area contributed by atoms with Gasteiger partial charge in [0, 0.05) is 52.1 Å².